The van der Waals surface area contributed by atoms with Gasteiger partial charge in [0.25, 0.3) is 0 Å². The van der Waals surface area contributed by atoms with Crippen molar-refractivity contribution >= 4 is 0 Å². The van der Waals surface area contributed by atoms with Crippen LogP contribution in [0.3, 0.4) is 0 Å². The van der Waals surface area contributed by atoms with E-state index in [4.69, 9.17) is 0 Å². The van der Waals surface area contributed by atoms with Gasteiger partial charge in [0, 0.05) is 26.2 Å². The topological polar surface area (TPSA) is 15.3 Å². The first kappa shape index (κ1) is 9.47. The van der Waals surface area contributed by atoms with Gasteiger partial charge in [0.05, 0.1) is 0 Å². The molecule has 0 unspecified atom stereocenters. The molecule has 2 atom stereocenters. The van der Waals surface area contributed by atoms with Gasteiger partial charge in [-0.15, -0.1) is 0 Å². The zero-order valence-corrected chi connectivity index (χ0v) is 9.19. The van der Waals surface area contributed by atoms with Crippen LogP contribution in [0, 0.1) is 10.8 Å². The van der Waals surface area contributed by atoms with Crippen LogP contribution in [-0.4, -0.2) is 37.6 Å². The molecule has 2 fully saturated rings. The molecule has 0 aliphatic carbocycles. The molecular formula is C11H22N2. The first-order valence-electron chi connectivity index (χ1n) is 5.48. The summed E-state index contributed by atoms with van der Waals surface area (Å²) in [5.74, 6) is 0. The van der Waals surface area contributed by atoms with E-state index in [0.29, 0.717) is 10.8 Å². The molecule has 0 radical (unpaired) electrons. The van der Waals surface area contributed by atoms with Gasteiger partial charge in [-0.2, -0.15) is 0 Å². The maximum absolute atomic E-state index is 3.59. The third-order valence-corrected chi connectivity index (χ3v) is 3.61. The average Bonchev–Trinajstić information content (AvgIpc) is 2.00. The summed E-state index contributed by atoms with van der Waals surface area (Å²) in [6.07, 6.45) is 1.41. The van der Waals surface area contributed by atoms with Gasteiger partial charge in [-0.05, 0) is 23.8 Å². The maximum Gasteiger partial charge on any atom is 0.00478 e. The van der Waals surface area contributed by atoms with E-state index < -0.39 is 0 Å². The molecule has 0 aromatic carbocycles. The highest BCUT2D eigenvalue weighted by atomic mass is 15.2. The maximum atomic E-state index is 3.59. The summed E-state index contributed by atoms with van der Waals surface area (Å²) < 4.78 is 0. The predicted molar refractivity (Wildman–Crippen MR) is 55.8 cm³/mol. The van der Waals surface area contributed by atoms with Crippen molar-refractivity contribution in [1.29, 1.82) is 0 Å². The number of piperidine rings is 2. The van der Waals surface area contributed by atoms with E-state index in [1.54, 1.807) is 0 Å². The van der Waals surface area contributed by atoms with E-state index in [-0.39, 0.29) is 0 Å². The second-order valence-electron chi connectivity index (χ2n) is 5.70. The number of nitrogens with one attached hydrogen (secondary N) is 1. The van der Waals surface area contributed by atoms with E-state index in [1.807, 2.05) is 0 Å². The fraction of sp³-hybridized carbons (Fsp3) is 1.00. The van der Waals surface area contributed by atoms with Crippen LogP contribution in [0.4, 0.5) is 0 Å². The van der Waals surface area contributed by atoms with Gasteiger partial charge in [0.2, 0.25) is 0 Å². The molecule has 0 spiro atoms. The standard InChI is InChI=1S/C11H22N2/c1-4-13-8-10(2)5-11(3,9-13)7-12-6-10/h12H,4-9H2,1-3H3/t10-,11+. The Morgan fingerprint density at radius 3 is 2.15 bits per heavy atom. The molecule has 0 aromatic heterocycles. The van der Waals surface area contributed by atoms with Crippen LogP contribution in [0.5, 0.6) is 0 Å². The first-order valence-corrected chi connectivity index (χ1v) is 5.48. The van der Waals surface area contributed by atoms with Crippen molar-refractivity contribution in [2.45, 2.75) is 27.2 Å². The van der Waals surface area contributed by atoms with Gasteiger partial charge < -0.3 is 10.2 Å². The number of likely N-dealkylation sites (tertiary alicyclic amines) is 1. The summed E-state index contributed by atoms with van der Waals surface area (Å²) in [7, 11) is 0. The van der Waals surface area contributed by atoms with Crippen LogP contribution in [-0.2, 0) is 0 Å². The highest BCUT2D eigenvalue weighted by Gasteiger charge is 2.44. The minimum absolute atomic E-state index is 0.529. The van der Waals surface area contributed by atoms with Crippen LogP contribution in [0.15, 0.2) is 0 Å². The molecular weight excluding hydrogens is 160 g/mol. The predicted octanol–water partition coefficient (Wildman–Crippen LogP) is 1.33. The molecule has 2 heterocycles. The van der Waals surface area contributed by atoms with Gasteiger partial charge in [-0.25, -0.2) is 0 Å². The number of hydrogen-bond donors (Lipinski definition) is 1. The lowest BCUT2D eigenvalue weighted by Crippen LogP contribution is -2.61. The van der Waals surface area contributed by atoms with Gasteiger partial charge >= 0.3 is 0 Å². The van der Waals surface area contributed by atoms with E-state index in [2.05, 4.69) is 31.0 Å². The SMILES string of the molecule is CCN1C[C@]2(C)CNC[C@](C)(C1)C2. The van der Waals surface area contributed by atoms with E-state index >= 15 is 0 Å². The van der Waals surface area contributed by atoms with Gasteiger partial charge in [-0.3, -0.25) is 0 Å². The molecule has 1 N–H and O–H groups in total. The number of fused-ring (bicyclic) bond motifs is 2. The first-order chi connectivity index (χ1) is 6.05. The molecule has 0 amide bonds. The van der Waals surface area contributed by atoms with Crippen LogP contribution in [0.2, 0.25) is 0 Å². The average molecular weight is 182 g/mol. The molecule has 76 valence electrons. The highest BCUT2D eigenvalue weighted by Crippen LogP contribution is 2.42. The summed E-state index contributed by atoms with van der Waals surface area (Å²) in [6.45, 7) is 13.3. The lowest BCUT2D eigenvalue weighted by molar-refractivity contribution is -0.0174. The fourth-order valence-corrected chi connectivity index (χ4v) is 3.40. The summed E-state index contributed by atoms with van der Waals surface area (Å²) >= 11 is 0. The van der Waals surface area contributed by atoms with Gasteiger partial charge in [0.15, 0.2) is 0 Å². The normalized spacial score (nSPS) is 46.4. The Morgan fingerprint density at radius 2 is 1.69 bits per heavy atom. The number of nitrogens with zero attached hydrogens (tertiary/aromatic N) is 1. The minimum atomic E-state index is 0.529. The third-order valence-electron chi connectivity index (χ3n) is 3.61. The Bertz CT molecular complexity index is 186. The van der Waals surface area contributed by atoms with Crippen molar-refractivity contribution in [3.8, 4) is 0 Å². The van der Waals surface area contributed by atoms with Gasteiger partial charge in [0.1, 0.15) is 0 Å². The molecule has 2 saturated heterocycles. The Morgan fingerprint density at radius 1 is 1.15 bits per heavy atom. The quantitative estimate of drug-likeness (QED) is 0.658. The summed E-state index contributed by atoms with van der Waals surface area (Å²) in [5, 5.41) is 3.59. The van der Waals surface area contributed by atoms with E-state index in [9.17, 15) is 0 Å². The van der Waals surface area contributed by atoms with Crippen molar-refractivity contribution in [3.05, 3.63) is 0 Å². The van der Waals surface area contributed by atoms with Crippen LogP contribution < -0.4 is 5.32 Å². The number of hydrogen-bond acceptors (Lipinski definition) is 2. The molecule has 2 aliphatic rings. The molecule has 2 bridgehead atoms. The highest BCUT2D eigenvalue weighted by molar-refractivity contribution is 4.99. The Labute approximate surface area is 81.7 Å². The third kappa shape index (κ3) is 1.75. The Balaban J connectivity index is 2.15. The zero-order valence-electron chi connectivity index (χ0n) is 9.19. The Kier molecular flexibility index (Phi) is 2.16. The molecule has 2 rings (SSSR count). The second-order valence-corrected chi connectivity index (χ2v) is 5.70. The molecule has 13 heavy (non-hydrogen) atoms. The van der Waals surface area contributed by atoms with Crippen LogP contribution in [0.25, 0.3) is 0 Å². The van der Waals surface area contributed by atoms with Crippen LogP contribution in [0.1, 0.15) is 27.2 Å². The van der Waals surface area contributed by atoms with Crippen molar-refractivity contribution in [2.75, 3.05) is 32.7 Å². The van der Waals surface area contributed by atoms with Crippen molar-refractivity contribution < 1.29 is 0 Å². The molecule has 2 nitrogen and oxygen atoms in total. The summed E-state index contributed by atoms with van der Waals surface area (Å²) in [6, 6.07) is 0. The Hall–Kier alpha value is -0.0800. The number of rotatable bonds is 1. The van der Waals surface area contributed by atoms with Gasteiger partial charge in [-0.1, -0.05) is 20.8 Å². The minimum Gasteiger partial charge on any atom is -0.316 e. The fourth-order valence-electron chi connectivity index (χ4n) is 3.40. The lowest BCUT2D eigenvalue weighted by Gasteiger charge is -2.53. The molecule has 2 heteroatoms. The molecule has 0 saturated carbocycles. The summed E-state index contributed by atoms with van der Waals surface area (Å²) in [4.78, 5) is 2.62. The van der Waals surface area contributed by atoms with Crippen molar-refractivity contribution in [3.63, 3.8) is 0 Å². The second kappa shape index (κ2) is 2.96. The largest absolute Gasteiger partial charge is 0.316 e. The molecule has 0 aromatic rings. The van der Waals surface area contributed by atoms with E-state index in [0.717, 1.165) is 0 Å². The monoisotopic (exact) mass is 182 g/mol. The van der Waals surface area contributed by atoms with Crippen molar-refractivity contribution in [1.82, 2.24) is 10.2 Å². The molecule has 2 aliphatic heterocycles. The lowest BCUT2D eigenvalue weighted by atomic mass is 9.66. The van der Waals surface area contributed by atoms with Crippen molar-refractivity contribution in [2.24, 2.45) is 10.8 Å². The van der Waals surface area contributed by atoms with E-state index in [1.165, 1.54) is 39.1 Å². The zero-order chi connectivity index (χ0) is 9.53. The smallest absolute Gasteiger partial charge is 0.00478 e. The summed E-state index contributed by atoms with van der Waals surface area (Å²) in [5.41, 5.74) is 1.06. The van der Waals surface area contributed by atoms with Crippen LogP contribution >= 0.6 is 0 Å².